The molecule has 6 N–H and O–H groups in total. The zero-order valence-corrected chi connectivity index (χ0v) is 44.9. The number of aliphatic hydroxyl groups excluding tert-OH is 5. The summed E-state index contributed by atoms with van der Waals surface area (Å²) in [7, 11) is 0. The molecule has 1 rings (SSSR count). The van der Waals surface area contributed by atoms with Crippen LogP contribution in [0.3, 0.4) is 0 Å². The number of carbonyl (C=O) groups excluding carboxylic acids is 1. The number of nitrogens with one attached hydrogen (secondary N) is 1. The van der Waals surface area contributed by atoms with E-state index in [0.29, 0.717) is 12.8 Å². The second-order valence-corrected chi connectivity index (χ2v) is 21.1. The number of hydrogen-bond acceptors (Lipinski definition) is 8. The molecule has 0 aromatic carbocycles. The quantitative estimate of drug-likeness (QED) is 0.0261. The van der Waals surface area contributed by atoms with Crippen LogP contribution in [0.15, 0.2) is 12.2 Å². The minimum atomic E-state index is -1.55. The summed E-state index contributed by atoms with van der Waals surface area (Å²) in [6, 6.07) is -0.712. The van der Waals surface area contributed by atoms with Gasteiger partial charge in [-0.1, -0.05) is 270 Å². The van der Waals surface area contributed by atoms with E-state index in [-0.39, 0.29) is 12.5 Å². The van der Waals surface area contributed by atoms with Crippen LogP contribution >= 0.6 is 0 Å². The molecule has 9 heteroatoms. The van der Waals surface area contributed by atoms with E-state index < -0.39 is 49.5 Å². The maximum absolute atomic E-state index is 13.0. The van der Waals surface area contributed by atoms with E-state index in [2.05, 4.69) is 31.3 Å². The number of allylic oxidation sites excluding steroid dienone is 2. The van der Waals surface area contributed by atoms with Crippen molar-refractivity contribution in [2.24, 2.45) is 0 Å². The Labute approximate surface area is 420 Å². The van der Waals surface area contributed by atoms with Gasteiger partial charge in [0.25, 0.3) is 0 Å². The van der Waals surface area contributed by atoms with E-state index in [9.17, 15) is 30.3 Å². The SMILES string of the molecule is CCCCCCCCCC/C=C\CCCCCCCCCCCCCCCCCCCCCCCCCCCC(=O)NC(COC1OC(CO)C(O)C(O)C1O)C(O)CCCCCCCCCC. The van der Waals surface area contributed by atoms with Crippen LogP contribution < -0.4 is 5.32 Å². The lowest BCUT2D eigenvalue weighted by Gasteiger charge is -2.40. The molecule has 7 unspecified atom stereocenters. The molecule has 0 saturated carbocycles. The molecule has 0 radical (unpaired) electrons. The molecule has 9 nitrogen and oxygen atoms in total. The molecule has 1 heterocycles. The number of amides is 1. The fraction of sp³-hybridized carbons (Fsp3) is 0.949. The van der Waals surface area contributed by atoms with Crippen molar-refractivity contribution >= 4 is 5.91 Å². The van der Waals surface area contributed by atoms with Gasteiger partial charge in [0.15, 0.2) is 6.29 Å². The molecule has 1 amide bonds. The van der Waals surface area contributed by atoms with Gasteiger partial charge in [-0.25, -0.2) is 0 Å². The van der Waals surface area contributed by atoms with E-state index in [0.717, 1.165) is 38.5 Å². The summed E-state index contributed by atoms with van der Waals surface area (Å²) in [5.41, 5.74) is 0. The summed E-state index contributed by atoms with van der Waals surface area (Å²) in [5.74, 6) is -0.141. The molecule has 0 spiro atoms. The Balaban J connectivity index is 1.97. The Morgan fingerprint density at radius 3 is 1.19 bits per heavy atom. The minimum absolute atomic E-state index is 0.134. The molecule has 1 aliphatic rings. The highest BCUT2D eigenvalue weighted by molar-refractivity contribution is 5.76. The third kappa shape index (κ3) is 38.6. The maximum Gasteiger partial charge on any atom is 0.220 e. The fourth-order valence-electron chi connectivity index (χ4n) is 9.87. The second kappa shape index (κ2) is 49.5. The lowest BCUT2D eigenvalue weighted by atomic mass is 9.99. The van der Waals surface area contributed by atoms with Gasteiger partial charge in [0.05, 0.1) is 25.4 Å². The van der Waals surface area contributed by atoms with Crippen molar-refractivity contribution in [3.05, 3.63) is 12.2 Å². The van der Waals surface area contributed by atoms with E-state index >= 15 is 0 Å². The second-order valence-electron chi connectivity index (χ2n) is 21.1. The highest BCUT2D eigenvalue weighted by Gasteiger charge is 2.44. The number of unbranched alkanes of at least 4 members (excludes halogenated alkanes) is 40. The third-order valence-electron chi connectivity index (χ3n) is 14.6. The van der Waals surface area contributed by atoms with Crippen LogP contribution in [-0.2, 0) is 14.3 Å². The number of ether oxygens (including phenoxy) is 2. The average Bonchev–Trinajstić information content (AvgIpc) is 3.34. The highest BCUT2D eigenvalue weighted by Crippen LogP contribution is 2.23. The first kappa shape index (κ1) is 64.9. The summed E-state index contributed by atoms with van der Waals surface area (Å²) < 4.78 is 11.2. The van der Waals surface area contributed by atoms with Crippen LogP contribution in [0.4, 0.5) is 0 Å². The average molecular weight is 967 g/mol. The molecule has 0 aliphatic carbocycles. The van der Waals surface area contributed by atoms with Crippen molar-refractivity contribution in [1.29, 1.82) is 0 Å². The van der Waals surface area contributed by atoms with Crippen LogP contribution in [0.5, 0.6) is 0 Å². The molecular formula is C59H115NO8. The monoisotopic (exact) mass is 966 g/mol. The summed E-state index contributed by atoms with van der Waals surface area (Å²) in [6.45, 7) is 3.82. The molecule has 1 fully saturated rings. The number of hydrogen-bond donors (Lipinski definition) is 6. The lowest BCUT2D eigenvalue weighted by Crippen LogP contribution is -2.60. The number of rotatable bonds is 52. The predicted molar refractivity (Wildman–Crippen MR) is 286 cm³/mol. The molecule has 1 saturated heterocycles. The van der Waals surface area contributed by atoms with E-state index in [1.807, 2.05) is 0 Å². The van der Waals surface area contributed by atoms with Gasteiger partial charge >= 0.3 is 0 Å². The Hall–Kier alpha value is -1.07. The smallest absolute Gasteiger partial charge is 0.220 e. The van der Waals surface area contributed by atoms with Gasteiger partial charge in [0, 0.05) is 6.42 Å². The van der Waals surface area contributed by atoms with Crippen molar-refractivity contribution in [2.45, 2.75) is 346 Å². The topological polar surface area (TPSA) is 149 Å². The van der Waals surface area contributed by atoms with Gasteiger partial charge in [-0.2, -0.15) is 0 Å². The molecule has 0 aromatic rings. The van der Waals surface area contributed by atoms with E-state index in [1.54, 1.807) is 0 Å². The van der Waals surface area contributed by atoms with Crippen LogP contribution in [0, 0.1) is 0 Å². The normalized spacial score (nSPS) is 19.5. The molecule has 404 valence electrons. The fourth-order valence-corrected chi connectivity index (χ4v) is 9.87. The number of carbonyl (C=O) groups is 1. The van der Waals surface area contributed by atoms with E-state index in [4.69, 9.17) is 9.47 Å². The predicted octanol–water partition coefficient (Wildman–Crippen LogP) is 14.8. The Morgan fingerprint density at radius 1 is 0.485 bits per heavy atom. The molecule has 0 bridgehead atoms. The summed E-state index contributed by atoms with van der Waals surface area (Å²) in [5, 5.41) is 54.3. The summed E-state index contributed by atoms with van der Waals surface area (Å²) in [6.07, 6.45) is 54.5. The van der Waals surface area contributed by atoms with Gasteiger partial charge in [0.1, 0.15) is 24.4 Å². The summed E-state index contributed by atoms with van der Waals surface area (Å²) >= 11 is 0. The molecular weight excluding hydrogens is 851 g/mol. The largest absolute Gasteiger partial charge is 0.394 e. The van der Waals surface area contributed by atoms with Crippen LogP contribution in [0.2, 0.25) is 0 Å². The Kier molecular flexibility index (Phi) is 47.3. The van der Waals surface area contributed by atoms with Gasteiger partial charge in [-0.05, 0) is 38.5 Å². The molecule has 1 aliphatic heterocycles. The van der Waals surface area contributed by atoms with Crippen LogP contribution in [0.25, 0.3) is 0 Å². The zero-order chi connectivity index (χ0) is 49.4. The first-order valence-corrected chi connectivity index (χ1v) is 29.9. The van der Waals surface area contributed by atoms with Crippen molar-refractivity contribution < 1.29 is 39.8 Å². The highest BCUT2D eigenvalue weighted by atomic mass is 16.7. The van der Waals surface area contributed by atoms with Crippen molar-refractivity contribution in [1.82, 2.24) is 5.32 Å². The van der Waals surface area contributed by atoms with Gasteiger partial charge in [-0.3, -0.25) is 4.79 Å². The van der Waals surface area contributed by atoms with Crippen LogP contribution in [0.1, 0.15) is 303 Å². The van der Waals surface area contributed by atoms with Crippen LogP contribution in [-0.4, -0.2) is 87.5 Å². The van der Waals surface area contributed by atoms with Crippen molar-refractivity contribution in [3.8, 4) is 0 Å². The Bertz CT molecular complexity index is 1080. The first-order chi connectivity index (χ1) is 33.3. The van der Waals surface area contributed by atoms with Gasteiger partial charge < -0.3 is 40.3 Å². The van der Waals surface area contributed by atoms with Gasteiger partial charge in [0.2, 0.25) is 5.91 Å². The molecule has 68 heavy (non-hydrogen) atoms. The molecule has 0 aromatic heterocycles. The summed E-state index contributed by atoms with van der Waals surface area (Å²) in [4.78, 5) is 13.0. The van der Waals surface area contributed by atoms with E-state index in [1.165, 1.54) is 238 Å². The van der Waals surface area contributed by atoms with Crippen molar-refractivity contribution in [3.63, 3.8) is 0 Å². The van der Waals surface area contributed by atoms with Gasteiger partial charge in [-0.15, -0.1) is 0 Å². The number of aliphatic hydroxyl groups is 5. The lowest BCUT2D eigenvalue weighted by molar-refractivity contribution is -0.302. The van der Waals surface area contributed by atoms with Crippen molar-refractivity contribution in [2.75, 3.05) is 13.2 Å². The first-order valence-electron chi connectivity index (χ1n) is 29.9. The minimum Gasteiger partial charge on any atom is -0.394 e. The maximum atomic E-state index is 13.0. The molecule has 7 atom stereocenters. The Morgan fingerprint density at radius 2 is 0.824 bits per heavy atom. The standard InChI is InChI=1S/C59H115NO8/c1-3-5-7-9-11-13-14-15-16-17-18-19-20-21-22-23-24-25-26-27-28-29-30-31-32-33-34-35-36-37-38-39-40-41-43-45-47-49-55(63)60-52(53(62)48-46-44-42-12-10-8-6-4-2)51-67-59-58(66)57(65)56(64)54(50-61)68-59/h17-18,52-54,56-59,61-62,64-66H,3-16,19-51H2,1-2H3,(H,60,63)/b18-17-. The third-order valence-corrected chi connectivity index (χ3v) is 14.6. The zero-order valence-electron chi connectivity index (χ0n) is 44.9.